The van der Waals surface area contributed by atoms with Gasteiger partial charge in [0.15, 0.2) is 11.5 Å². The molecule has 2 aromatic carbocycles. The lowest BCUT2D eigenvalue weighted by molar-refractivity contribution is 0.354. The van der Waals surface area contributed by atoms with E-state index in [1.54, 1.807) is 14.2 Å². The van der Waals surface area contributed by atoms with Crippen molar-refractivity contribution in [1.82, 2.24) is 0 Å². The van der Waals surface area contributed by atoms with Gasteiger partial charge in [0, 0.05) is 10.2 Å². The Morgan fingerprint density at radius 3 is 2.60 bits per heavy atom. The molecule has 0 saturated heterocycles. The van der Waals surface area contributed by atoms with Gasteiger partial charge in [-0.05, 0) is 41.8 Å². The van der Waals surface area contributed by atoms with Crippen LogP contribution < -0.4 is 14.8 Å². The molecule has 4 heteroatoms. The van der Waals surface area contributed by atoms with Crippen molar-refractivity contribution in [1.29, 1.82) is 0 Å². The van der Waals surface area contributed by atoms with E-state index < -0.39 is 0 Å². The molecule has 0 saturated carbocycles. The highest BCUT2D eigenvalue weighted by Gasteiger charge is 2.23. The Labute approximate surface area is 127 Å². The summed E-state index contributed by atoms with van der Waals surface area (Å²) in [6.45, 7) is 0. The third-order valence-electron chi connectivity index (χ3n) is 3.64. The fraction of sp³-hybridized carbons (Fsp3) is 0.250. The maximum absolute atomic E-state index is 5.37. The SMILES string of the molecule is COc1ccc(C2Cc3ccc(Br)cc3N2)cc1OC. The summed E-state index contributed by atoms with van der Waals surface area (Å²) in [7, 11) is 3.31. The summed E-state index contributed by atoms with van der Waals surface area (Å²) < 4.78 is 11.7. The van der Waals surface area contributed by atoms with Gasteiger partial charge < -0.3 is 14.8 Å². The van der Waals surface area contributed by atoms with Gasteiger partial charge in [0.1, 0.15) is 0 Å². The predicted octanol–water partition coefficient (Wildman–Crippen LogP) is 4.18. The van der Waals surface area contributed by atoms with Crippen LogP contribution in [0.15, 0.2) is 40.9 Å². The molecule has 0 amide bonds. The second-order valence-corrected chi connectivity index (χ2v) is 5.73. The molecule has 0 bridgehead atoms. The normalized spacial score (nSPS) is 16.4. The van der Waals surface area contributed by atoms with Crippen LogP contribution in [0.4, 0.5) is 5.69 Å². The molecule has 3 rings (SSSR count). The molecule has 0 radical (unpaired) electrons. The van der Waals surface area contributed by atoms with Crippen LogP contribution in [0, 0.1) is 0 Å². The summed E-state index contributed by atoms with van der Waals surface area (Å²) in [6.07, 6.45) is 0.984. The minimum atomic E-state index is 0.277. The number of ether oxygens (including phenoxy) is 2. The lowest BCUT2D eigenvalue weighted by atomic mass is 10.0. The summed E-state index contributed by atoms with van der Waals surface area (Å²) in [4.78, 5) is 0. The van der Waals surface area contributed by atoms with Crippen molar-refractivity contribution < 1.29 is 9.47 Å². The standard InChI is InChI=1S/C16H16BrNO2/c1-19-15-6-4-11(8-16(15)20-2)13-7-10-3-5-12(17)9-14(10)18-13/h3-6,8-9,13,18H,7H2,1-2H3. The fourth-order valence-electron chi connectivity index (χ4n) is 2.59. The summed E-state index contributed by atoms with van der Waals surface area (Å²) in [5, 5.41) is 3.55. The second-order valence-electron chi connectivity index (χ2n) is 4.82. The highest BCUT2D eigenvalue weighted by molar-refractivity contribution is 9.10. The third kappa shape index (κ3) is 2.36. The highest BCUT2D eigenvalue weighted by atomic mass is 79.9. The molecular formula is C16H16BrNO2. The first-order chi connectivity index (χ1) is 9.71. The van der Waals surface area contributed by atoms with Gasteiger partial charge in [-0.2, -0.15) is 0 Å². The predicted molar refractivity (Wildman–Crippen MR) is 83.8 cm³/mol. The smallest absolute Gasteiger partial charge is 0.161 e. The Balaban J connectivity index is 1.89. The van der Waals surface area contributed by atoms with E-state index in [9.17, 15) is 0 Å². The van der Waals surface area contributed by atoms with Gasteiger partial charge in [-0.1, -0.05) is 28.1 Å². The molecular weight excluding hydrogens is 318 g/mol. The Morgan fingerprint density at radius 1 is 1.05 bits per heavy atom. The third-order valence-corrected chi connectivity index (χ3v) is 4.13. The lowest BCUT2D eigenvalue weighted by Crippen LogP contribution is -2.06. The lowest BCUT2D eigenvalue weighted by Gasteiger charge is -2.15. The van der Waals surface area contributed by atoms with Crippen LogP contribution in [0.3, 0.4) is 0 Å². The molecule has 20 heavy (non-hydrogen) atoms. The van der Waals surface area contributed by atoms with Crippen LogP contribution in [0.1, 0.15) is 17.2 Å². The van der Waals surface area contributed by atoms with E-state index in [-0.39, 0.29) is 6.04 Å². The largest absolute Gasteiger partial charge is 0.493 e. The van der Waals surface area contributed by atoms with Gasteiger partial charge in [-0.25, -0.2) is 0 Å². The average molecular weight is 334 g/mol. The van der Waals surface area contributed by atoms with Gasteiger partial charge in [0.25, 0.3) is 0 Å². The van der Waals surface area contributed by atoms with Gasteiger partial charge in [0.2, 0.25) is 0 Å². The van der Waals surface area contributed by atoms with Crippen molar-refractivity contribution in [3.63, 3.8) is 0 Å². The van der Waals surface area contributed by atoms with Gasteiger partial charge in [0.05, 0.1) is 20.3 Å². The Bertz CT molecular complexity index is 642. The Kier molecular flexibility index (Phi) is 3.57. The zero-order chi connectivity index (χ0) is 14.1. The Morgan fingerprint density at radius 2 is 1.85 bits per heavy atom. The molecule has 2 aromatic rings. The number of nitrogens with one attached hydrogen (secondary N) is 1. The fourth-order valence-corrected chi connectivity index (χ4v) is 2.95. The molecule has 1 aliphatic rings. The van der Waals surface area contributed by atoms with E-state index in [4.69, 9.17) is 9.47 Å². The van der Waals surface area contributed by atoms with Gasteiger partial charge >= 0.3 is 0 Å². The van der Waals surface area contributed by atoms with Crippen LogP contribution in [0.2, 0.25) is 0 Å². The second kappa shape index (κ2) is 5.37. The van der Waals surface area contributed by atoms with Crippen LogP contribution >= 0.6 is 15.9 Å². The monoisotopic (exact) mass is 333 g/mol. The van der Waals surface area contributed by atoms with Crippen molar-refractivity contribution in [3.8, 4) is 11.5 Å². The van der Waals surface area contributed by atoms with Crippen molar-refractivity contribution in [2.24, 2.45) is 0 Å². The molecule has 1 N–H and O–H groups in total. The molecule has 0 spiro atoms. The van der Waals surface area contributed by atoms with Gasteiger partial charge in [-0.15, -0.1) is 0 Å². The molecule has 1 unspecified atom stereocenters. The van der Waals surface area contributed by atoms with Crippen LogP contribution in [0.25, 0.3) is 0 Å². The van der Waals surface area contributed by atoms with Gasteiger partial charge in [-0.3, -0.25) is 0 Å². The first kappa shape index (κ1) is 13.3. The molecule has 3 nitrogen and oxygen atoms in total. The number of rotatable bonds is 3. The van der Waals surface area contributed by atoms with Crippen molar-refractivity contribution in [2.75, 3.05) is 19.5 Å². The highest BCUT2D eigenvalue weighted by Crippen LogP contribution is 2.38. The van der Waals surface area contributed by atoms with Crippen LogP contribution in [-0.2, 0) is 6.42 Å². The quantitative estimate of drug-likeness (QED) is 0.914. The van der Waals surface area contributed by atoms with Crippen molar-refractivity contribution in [2.45, 2.75) is 12.5 Å². The van der Waals surface area contributed by atoms with Crippen molar-refractivity contribution in [3.05, 3.63) is 52.0 Å². The van der Waals surface area contributed by atoms with E-state index in [0.29, 0.717) is 0 Å². The average Bonchev–Trinajstić information content (AvgIpc) is 2.89. The molecule has 0 fully saturated rings. The molecule has 104 valence electrons. The maximum atomic E-state index is 5.37. The summed E-state index contributed by atoms with van der Waals surface area (Å²) in [5.41, 5.74) is 3.74. The topological polar surface area (TPSA) is 30.5 Å². The maximum Gasteiger partial charge on any atom is 0.161 e. The van der Waals surface area contributed by atoms with Crippen LogP contribution in [0.5, 0.6) is 11.5 Å². The molecule has 0 aromatic heterocycles. The molecule has 1 atom stereocenters. The number of anilines is 1. The molecule has 1 aliphatic heterocycles. The minimum Gasteiger partial charge on any atom is -0.493 e. The van der Waals surface area contributed by atoms with E-state index in [2.05, 4.69) is 45.5 Å². The number of hydrogen-bond acceptors (Lipinski definition) is 3. The molecule has 0 aliphatic carbocycles. The zero-order valence-corrected chi connectivity index (χ0v) is 13.0. The molecule has 1 heterocycles. The first-order valence-corrected chi connectivity index (χ1v) is 7.27. The Hall–Kier alpha value is -1.68. The van der Waals surface area contributed by atoms with E-state index in [1.165, 1.54) is 16.8 Å². The number of fused-ring (bicyclic) bond motifs is 1. The summed E-state index contributed by atoms with van der Waals surface area (Å²) >= 11 is 3.51. The van der Waals surface area contributed by atoms with E-state index in [1.807, 2.05) is 12.1 Å². The summed E-state index contributed by atoms with van der Waals surface area (Å²) in [5.74, 6) is 1.53. The summed E-state index contributed by atoms with van der Waals surface area (Å²) in [6, 6.07) is 12.7. The van der Waals surface area contributed by atoms with Crippen molar-refractivity contribution >= 4 is 21.6 Å². The van der Waals surface area contributed by atoms with E-state index >= 15 is 0 Å². The number of benzene rings is 2. The number of hydrogen-bond donors (Lipinski definition) is 1. The van der Waals surface area contributed by atoms with Crippen LogP contribution in [-0.4, -0.2) is 14.2 Å². The number of halogens is 1. The number of methoxy groups -OCH3 is 2. The zero-order valence-electron chi connectivity index (χ0n) is 11.4. The minimum absolute atomic E-state index is 0.277. The first-order valence-electron chi connectivity index (χ1n) is 6.48. The van der Waals surface area contributed by atoms with E-state index in [0.717, 1.165) is 22.4 Å².